The predicted octanol–water partition coefficient (Wildman–Crippen LogP) is 1.00. The van der Waals surface area contributed by atoms with Crippen molar-refractivity contribution in [2.75, 3.05) is 13.7 Å². The summed E-state index contributed by atoms with van der Waals surface area (Å²) in [4.78, 5) is 10.9. The molecule has 0 aromatic heterocycles. The fourth-order valence-corrected chi connectivity index (χ4v) is 2.57. The summed E-state index contributed by atoms with van der Waals surface area (Å²) in [5.41, 5.74) is 0. The van der Waals surface area contributed by atoms with Crippen molar-refractivity contribution < 1.29 is 17.9 Å². The highest BCUT2D eigenvalue weighted by atomic mass is 79.9. The van der Waals surface area contributed by atoms with E-state index < -0.39 is 10.0 Å². The monoisotopic (exact) mass is 350 g/mol. The number of primary sulfonamides is 1. The van der Waals surface area contributed by atoms with Gasteiger partial charge in [-0.25, -0.2) is 13.6 Å². The van der Waals surface area contributed by atoms with E-state index in [9.17, 15) is 13.2 Å². The summed E-state index contributed by atoms with van der Waals surface area (Å²) >= 11 is 3.17. The van der Waals surface area contributed by atoms with Crippen molar-refractivity contribution in [3.63, 3.8) is 0 Å². The fraction of sp³-hybridized carbons (Fsp3) is 0.364. The zero-order valence-corrected chi connectivity index (χ0v) is 12.8. The highest BCUT2D eigenvalue weighted by molar-refractivity contribution is 9.10. The standard InChI is InChI=1S/C11H15BrN2O4S/c1-14-11(15)3-2-6-18-9-5-4-8(12)7-10(9)19(13,16)17/h4-5,7H,2-3,6H2,1H3,(H,14,15)(H2,13,16,17). The number of nitrogens with two attached hydrogens (primary N) is 1. The Hall–Kier alpha value is -1.12. The van der Waals surface area contributed by atoms with E-state index >= 15 is 0 Å². The van der Waals surface area contributed by atoms with E-state index in [0.29, 0.717) is 17.3 Å². The Balaban J connectivity index is 2.71. The second kappa shape index (κ2) is 6.88. The molecule has 1 aromatic rings. The van der Waals surface area contributed by atoms with Gasteiger partial charge in [0.2, 0.25) is 15.9 Å². The summed E-state index contributed by atoms with van der Waals surface area (Å²) < 4.78 is 28.8. The summed E-state index contributed by atoms with van der Waals surface area (Å²) in [6.07, 6.45) is 0.803. The molecule has 6 nitrogen and oxygen atoms in total. The molecular formula is C11H15BrN2O4S. The lowest BCUT2D eigenvalue weighted by Gasteiger charge is -2.10. The van der Waals surface area contributed by atoms with Gasteiger partial charge in [0.1, 0.15) is 10.6 Å². The van der Waals surface area contributed by atoms with Gasteiger partial charge in [0.15, 0.2) is 0 Å². The Morgan fingerprint density at radius 3 is 2.74 bits per heavy atom. The summed E-state index contributed by atoms with van der Waals surface area (Å²) in [7, 11) is -2.30. The first-order valence-corrected chi connectivity index (χ1v) is 7.84. The Morgan fingerprint density at radius 2 is 2.16 bits per heavy atom. The van der Waals surface area contributed by atoms with Gasteiger partial charge in [-0.15, -0.1) is 0 Å². The molecule has 0 fully saturated rings. The SMILES string of the molecule is CNC(=O)CCCOc1ccc(Br)cc1S(N)(=O)=O. The van der Waals surface area contributed by atoms with Gasteiger partial charge in [-0.3, -0.25) is 4.79 Å². The second-order valence-electron chi connectivity index (χ2n) is 3.76. The molecule has 106 valence electrons. The van der Waals surface area contributed by atoms with Crippen molar-refractivity contribution in [3.8, 4) is 5.75 Å². The first-order chi connectivity index (χ1) is 8.84. The lowest BCUT2D eigenvalue weighted by Crippen LogP contribution is -2.18. The van der Waals surface area contributed by atoms with E-state index in [2.05, 4.69) is 21.2 Å². The van der Waals surface area contributed by atoms with Gasteiger partial charge < -0.3 is 10.1 Å². The van der Waals surface area contributed by atoms with Gasteiger partial charge in [-0.2, -0.15) is 0 Å². The lowest BCUT2D eigenvalue weighted by atomic mass is 10.3. The number of carbonyl (C=O) groups is 1. The Bertz CT molecular complexity index is 560. The fourth-order valence-electron chi connectivity index (χ4n) is 1.36. The molecular weight excluding hydrogens is 336 g/mol. The molecule has 0 radical (unpaired) electrons. The van der Waals surface area contributed by atoms with Crippen LogP contribution in [-0.2, 0) is 14.8 Å². The average Bonchev–Trinajstić information content (AvgIpc) is 2.34. The van der Waals surface area contributed by atoms with Gasteiger partial charge in [0.05, 0.1) is 6.61 Å². The van der Waals surface area contributed by atoms with Crippen LogP contribution in [0.25, 0.3) is 0 Å². The van der Waals surface area contributed by atoms with Crippen LogP contribution in [0.4, 0.5) is 0 Å². The summed E-state index contributed by atoms with van der Waals surface area (Å²) in [5.74, 6) is 0.0914. The van der Waals surface area contributed by atoms with Crippen LogP contribution < -0.4 is 15.2 Å². The number of ether oxygens (including phenoxy) is 1. The number of carbonyl (C=O) groups excluding carboxylic acids is 1. The molecule has 0 aliphatic rings. The maximum Gasteiger partial charge on any atom is 0.241 e. The van der Waals surface area contributed by atoms with E-state index in [0.717, 1.165) is 0 Å². The molecule has 0 heterocycles. The molecule has 0 saturated heterocycles. The number of benzene rings is 1. The minimum Gasteiger partial charge on any atom is -0.492 e. The van der Waals surface area contributed by atoms with Crippen LogP contribution in [0.5, 0.6) is 5.75 Å². The molecule has 19 heavy (non-hydrogen) atoms. The molecule has 1 rings (SSSR count). The zero-order valence-electron chi connectivity index (χ0n) is 10.3. The van der Waals surface area contributed by atoms with Gasteiger partial charge in [-0.05, 0) is 24.6 Å². The molecule has 1 amide bonds. The number of nitrogens with one attached hydrogen (secondary N) is 1. The van der Waals surface area contributed by atoms with Gasteiger partial charge >= 0.3 is 0 Å². The second-order valence-corrected chi connectivity index (χ2v) is 6.21. The highest BCUT2D eigenvalue weighted by Gasteiger charge is 2.15. The summed E-state index contributed by atoms with van der Waals surface area (Å²) in [5, 5.41) is 7.60. The van der Waals surface area contributed by atoms with Crippen LogP contribution in [0.1, 0.15) is 12.8 Å². The van der Waals surface area contributed by atoms with Crippen LogP contribution >= 0.6 is 15.9 Å². The van der Waals surface area contributed by atoms with Crippen LogP contribution in [0.3, 0.4) is 0 Å². The lowest BCUT2D eigenvalue weighted by molar-refractivity contribution is -0.120. The Labute approximate surface area is 120 Å². The minimum absolute atomic E-state index is 0.0816. The van der Waals surface area contributed by atoms with Crippen molar-refractivity contribution in [3.05, 3.63) is 22.7 Å². The normalized spacial score (nSPS) is 11.1. The molecule has 0 aliphatic carbocycles. The maximum atomic E-state index is 11.4. The molecule has 1 aromatic carbocycles. The average molecular weight is 351 g/mol. The van der Waals surface area contributed by atoms with Crippen molar-refractivity contribution in [2.45, 2.75) is 17.7 Å². The van der Waals surface area contributed by atoms with Gasteiger partial charge in [-0.1, -0.05) is 15.9 Å². The first-order valence-electron chi connectivity index (χ1n) is 5.50. The van der Waals surface area contributed by atoms with Crippen LogP contribution in [-0.4, -0.2) is 28.0 Å². The van der Waals surface area contributed by atoms with Crippen LogP contribution in [0, 0.1) is 0 Å². The smallest absolute Gasteiger partial charge is 0.241 e. The van der Waals surface area contributed by atoms with Crippen molar-refractivity contribution in [2.24, 2.45) is 5.14 Å². The van der Waals surface area contributed by atoms with E-state index in [4.69, 9.17) is 9.88 Å². The number of hydrogen-bond acceptors (Lipinski definition) is 4. The topological polar surface area (TPSA) is 98.5 Å². The van der Waals surface area contributed by atoms with E-state index in [1.807, 2.05) is 0 Å². The predicted molar refractivity (Wildman–Crippen MR) is 74.3 cm³/mol. The molecule has 0 aliphatic heterocycles. The third-order valence-corrected chi connectivity index (χ3v) is 3.72. The maximum absolute atomic E-state index is 11.4. The van der Waals surface area contributed by atoms with E-state index in [-0.39, 0.29) is 23.2 Å². The number of hydrogen-bond donors (Lipinski definition) is 2. The molecule has 0 bridgehead atoms. The molecule has 0 atom stereocenters. The zero-order chi connectivity index (χ0) is 14.5. The summed E-state index contributed by atoms with van der Waals surface area (Å²) in [6, 6.07) is 4.55. The quantitative estimate of drug-likeness (QED) is 0.747. The number of halogens is 1. The summed E-state index contributed by atoms with van der Waals surface area (Å²) in [6.45, 7) is 0.234. The molecule has 0 saturated carbocycles. The number of amides is 1. The minimum atomic E-state index is -3.85. The van der Waals surface area contributed by atoms with E-state index in [1.165, 1.54) is 12.1 Å². The number of sulfonamides is 1. The largest absolute Gasteiger partial charge is 0.492 e. The van der Waals surface area contributed by atoms with Crippen molar-refractivity contribution >= 4 is 31.9 Å². The van der Waals surface area contributed by atoms with E-state index in [1.54, 1.807) is 13.1 Å². The molecule has 3 N–H and O–H groups in total. The number of rotatable bonds is 6. The van der Waals surface area contributed by atoms with Crippen LogP contribution in [0.15, 0.2) is 27.6 Å². The first kappa shape index (κ1) is 15.9. The molecule has 8 heteroatoms. The Kier molecular flexibility index (Phi) is 5.77. The third kappa shape index (κ3) is 5.17. The van der Waals surface area contributed by atoms with Crippen molar-refractivity contribution in [1.82, 2.24) is 5.32 Å². The Morgan fingerprint density at radius 1 is 1.47 bits per heavy atom. The van der Waals surface area contributed by atoms with Crippen LogP contribution in [0.2, 0.25) is 0 Å². The van der Waals surface area contributed by atoms with Crippen molar-refractivity contribution in [1.29, 1.82) is 0 Å². The molecule has 0 spiro atoms. The third-order valence-electron chi connectivity index (χ3n) is 2.30. The van der Waals surface area contributed by atoms with Gasteiger partial charge in [0, 0.05) is 17.9 Å². The highest BCUT2D eigenvalue weighted by Crippen LogP contribution is 2.26. The van der Waals surface area contributed by atoms with Gasteiger partial charge in [0.25, 0.3) is 0 Å². The molecule has 0 unspecified atom stereocenters.